The summed E-state index contributed by atoms with van der Waals surface area (Å²) in [6, 6.07) is 32.8. The number of anilines is 2. The molecular weight excluding hydrogens is 1500 g/mol. The van der Waals surface area contributed by atoms with Crippen molar-refractivity contribution < 1.29 is 141 Å². The van der Waals surface area contributed by atoms with Crippen molar-refractivity contribution in [2.24, 2.45) is 11.8 Å². The highest BCUT2D eigenvalue weighted by atomic mass is 16.8. The number of nitrogen functional groups attached to an aromatic ring is 1. The van der Waals surface area contributed by atoms with E-state index in [1.807, 2.05) is 37.3 Å². The van der Waals surface area contributed by atoms with Gasteiger partial charge in [-0.3, -0.25) is 4.79 Å². The van der Waals surface area contributed by atoms with Gasteiger partial charge in [-0.2, -0.15) is 0 Å². The number of hydrogen-bond acceptors (Lipinski definition) is 29. The van der Waals surface area contributed by atoms with Gasteiger partial charge in [-0.1, -0.05) is 62.4 Å². The number of phenolic OH excluding ortho intramolecular Hbond substituents is 3. The molecule has 6 fully saturated rings. The molecule has 6 aliphatic rings. The molecular formula is C84H110N2O29. The third-order valence-electron chi connectivity index (χ3n) is 19.4. The van der Waals surface area contributed by atoms with Crippen molar-refractivity contribution in [1.29, 1.82) is 0 Å². The Labute approximate surface area is 671 Å². The van der Waals surface area contributed by atoms with Gasteiger partial charge in [-0.25, -0.2) is 4.79 Å². The van der Waals surface area contributed by atoms with Crippen LogP contribution < -0.4 is 48.9 Å². The number of nitrogens with one attached hydrogen (secondary N) is 1. The normalized spacial score (nSPS) is 24.6. The second kappa shape index (κ2) is 47.6. The van der Waals surface area contributed by atoms with E-state index < -0.39 is 78.0 Å². The first-order valence-electron chi connectivity index (χ1n) is 39.1. The largest absolute Gasteiger partial charge is 0.504 e. The number of aromatic carboxylic acids is 1. The van der Waals surface area contributed by atoms with Gasteiger partial charge < -0.3 is 141 Å². The summed E-state index contributed by atoms with van der Waals surface area (Å²) in [5.74, 6) is -0.667. The molecule has 0 aromatic heterocycles. The van der Waals surface area contributed by atoms with Gasteiger partial charge in [0.2, 0.25) is 11.5 Å². The van der Waals surface area contributed by atoms with E-state index in [0.717, 1.165) is 77.0 Å². The summed E-state index contributed by atoms with van der Waals surface area (Å²) in [5, 5.41) is 48.9. The van der Waals surface area contributed by atoms with Crippen LogP contribution in [0.4, 0.5) is 11.4 Å². The third kappa shape index (κ3) is 26.3. The fourth-order valence-corrected chi connectivity index (χ4v) is 13.3. The predicted molar refractivity (Wildman–Crippen MR) is 416 cm³/mol. The van der Waals surface area contributed by atoms with Crippen molar-refractivity contribution in [2.75, 3.05) is 119 Å². The Kier molecular flexibility index (Phi) is 36.5. The minimum atomic E-state index is -1.27. The molecule has 0 spiro atoms. The van der Waals surface area contributed by atoms with Crippen LogP contribution in [0.25, 0.3) is 0 Å². The monoisotopic (exact) mass is 1610 g/mol. The molecule has 0 saturated carbocycles. The van der Waals surface area contributed by atoms with E-state index in [-0.39, 0.29) is 107 Å². The summed E-state index contributed by atoms with van der Waals surface area (Å²) < 4.78 is 139. The molecule has 0 bridgehead atoms. The second-order valence-corrected chi connectivity index (χ2v) is 27.3. The molecule has 8 unspecified atom stereocenters. The molecule has 14 atom stereocenters. The van der Waals surface area contributed by atoms with Crippen LogP contribution in [0.1, 0.15) is 113 Å². The Bertz CT molecular complexity index is 3940. The maximum absolute atomic E-state index is 12.9. The van der Waals surface area contributed by atoms with Gasteiger partial charge in [-0.05, 0) is 150 Å². The SMILES string of the molecule is COCOc1cccc(OCCOc2ccccc2N)c1OCC1OC(OC)[C@H](OC2CCCCO2)[C@@H](OC2CCCCO2)[C@@H]1C.COCOc1cccc(OCCOc2ccccc2NC(=O)c2cccc(O)c2O)c1OCC1OC(OC)[C@H](OC2CCCCO2)[C@@H](OC2CCCCO2)[C@@H]1C.O=C(O)c1cccc(O)c1O.[2H]C#C. The first-order valence-corrected chi connectivity index (χ1v) is 38.6. The number of amides is 1. The average molecular weight is 1610 g/mol. The van der Waals surface area contributed by atoms with Gasteiger partial charge in [-0.15, -0.1) is 12.8 Å². The summed E-state index contributed by atoms with van der Waals surface area (Å²) in [5.41, 5.74) is 6.55. The quantitative estimate of drug-likeness (QED) is 0.00639. The number of ether oxygens (including phenoxy) is 22. The molecule has 630 valence electrons. The van der Waals surface area contributed by atoms with E-state index >= 15 is 0 Å². The number of carboxylic acids is 1. The summed E-state index contributed by atoms with van der Waals surface area (Å²) in [4.78, 5) is 23.2. The topological polar surface area (TPSA) is 376 Å². The van der Waals surface area contributed by atoms with Gasteiger partial charge in [0.1, 0.15) is 70.3 Å². The maximum atomic E-state index is 12.9. The van der Waals surface area contributed by atoms with E-state index in [1.54, 1.807) is 75.9 Å². The van der Waals surface area contributed by atoms with Gasteiger partial charge in [0.15, 0.2) is 97.3 Å². The lowest BCUT2D eigenvalue weighted by atomic mass is 9.90. The van der Waals surface area contributed by atoms with Crippen molar-refractivity contribution in [3.8, 4) is 81.8 Å². The number of nitrogens with two attached hydrogens (primary N) is 1. The Morgan fingerprint density at radius 3 is 1.21 bits per heavy atom. The van der Waals surface area contributed by atoms with Crippen molar-refractivity contribution in [3.63, 3.8) is 0 Å². The smallest absolute Gasteiger partial charge is 0.339 e. The first kappa shape index (κ1) is 88.0. The minimum Gasteiger partial charge on any atom is -0.504 e. The lowest BCUT2D eigenvalue weighted by Crippen LogP contribution is -2.59. The number of phenols is 4. The molecule has 6 aromatic rings. The number of terminal acetylenes is 1. The third-order valence-corrected chi connectivity index (χ3v) is 19.4. The van der Waals surface area contributed by atoms with Gasteiger partial charge >= 0.3 is 5.97 Å². The number of rotatable bonds is 35. The number of aromatic hydroxyl groups is 4. The first-order chi connectivity index (χ1) is 56.5. The van der Waals surface area contributed by atoms with E-state index in [0.29, 0.717) is 83.8 Å². The van der Waals surface area contributed by atoms with Crippen LogP contribution in [-0.2, 0) is 66.3 Å². The van der Waals surface area contributed by atoms with Crippen molar-refractivity contribution in [3.05, 3.63) is 132 Å². The number of benzene rings is 6. The average Bonchev–Trinajstić information content (AvgIpc) is 0.787. The summed E-state index contributed by atoms with van der Waals surface area (Å²) >= 11 is 0. The summed E-state index contributed by atoms with van der Waals surface area (Å²) in [6.07, 6.45) is 11.4. The Balaban J connectivity index is 0.000000230. The zero-order chi connectivity index (χ0) is 82.6. The van der Waals surface area contributed by atoms with Crippen LogP contribution in [0.2, 0.25) is 0 Å². The molecule has 6 aliphatic heterocycles. The van der Waals surface area contributed by atoms with Crippen LogP contribution in [-0.4, -0.2) is 220 Å². The number of carbonyl (C=O) groups is 2. The molecule has 12 rings (SSSR count). The standard InChI is InChI=1S/C41H53NO14.C34H49NO11.C7H6O4.C2H2/c1-26-33(54-41(47-3)39(56-35-19-7-9-21-51-35)37(26)55-34-18-6-8-20-50-34)24-52-38-31(16-11-17-32(38)53-25-46-2)49-23-22-48-30-15-5-4-13-28(30)42-40(45)27-12-10-14-29(43)36(27)44;1-23-28(44-34(37-3)33(46-30-16-7-9-18-41-30)31(23)45-29-15-6-8-17-40-29)21-42-32-26(13-10-14-27(32)43-22-36-2)39-20-19-38-25-12-5-4-11-24(25)35;8-5-3-1-2-4(6(5)9)7(10)11;1-2/h4-5,10-17,26,33-35,37,39,41,43-44H,6-9,18-25H2,1-3H3,(H,42,45);4-5,10-14,23,28-31,33-34H,6-9,15-22,35H2,1-3H3;1-3,8-9H,(H,10,11);1-2H/t26-,33?,34?,35?,37+,39-,41?;23-,28?,29?,30?,31+,33-,34?;;/m11../s1/i;;;1D. The summed E-state index contributed by atoms with van der Waals surface area (Å²) in [6.45, 7) is 7.74. The Morgan fingerprint density at radius 2 is 0.817 bits per heavy atom. The van der Waals surface area contributed by atoms with E-state index in [9.17, 15) is 19.8 Å². The number of para-hydroxylation sites is 8. The number of carbonyl (C=O) groups excluding carboxylic acids is 1. The molecule has 8 N–H and O–H groups in total. The fraction of sp³-hybridized carbons (Fsp3) is 0.524. The zero-order valence-electron chi connectivity index (χ0n) is 66.8. The molecule has 6 aromatic carbocycles. The molecule has 0 radical (unpaired) electrons. The molecule has 115 heavy (non-hydrogen) atoms. The molecule has 0 aliphatic carbocycles. The number of carboxylic acid groups (broad SMARTS) is 1. The lowest BCUT2D eigenvalue weighted by Gasteiger charge is -2.46. The molecule has 1 amide bonds. The van der Waals surface area contributed by atoms with E-state index in [4.69, 9.17) is 127 Å². The van der Waals surface area contributed by atoms with Gasteiger partial charge in [0.25, 0.3) is 5.91 Å². The van der Waals surface area contributed by atoms with Gasteiger partial charge in [0.05, 0.1) is 41.4 Å². The van der Waals surface area contributed by atoms with Crippen molar-refractivity contribution in [2.45, 2.75) is 165 Å². The van der Waals surface area contributed by atoms with Crippen LogP contribution >= 0.6 is 0 Å². The fourth-order valence-electron chi connectivity index (χ4n) is 13.3. The summed E-state index contributed by atoms with van der Waals surface area (Å²) in [7, 11) is 6.28. The molecule has 31 nitrogen and oxygen atoms in total. The number of hydrogen-bond donors (Lipinski definition) is 7. The predicted octanol–water partition coefficient (Wildman–Crippen LogP) is 12.0. The number of methoxy groups -OCH3 is 4. The zero-order valence-corrected chi connectivity index (χ0v) is 65.8. The van der Waals surface area contributed by atoms with E-state index in [2.05, 4.69) is 18.7 Å². The second-order valence-electron chi connectivity index (χ2n) is 27.3. The highest BCUT2D eigenvalue weighted by Gasteiger charge is 2.50. The van der Waals surface area contributed by atoms with Crippen LogP contribution in [0.3, 0.4) is 0 Å². The van der Waals surface area contributed by atoms with Crippen molar-refractivity contribution >= 4 is 23.3 Å². The van der Waals surface area contributed by atoms with Crippen LogP contribution in [0.5, 0.6) is 69.0 Å². The molecule has 6 heterocycles. The highest BCUT2D eigenvalue weighted by molar-refractivity contribution is 6.07. The maximum Gasteiger partial charge on any atom is 0.339 e. The minimum absolute atomic E-state index is 0.0204. The van der Waals surface area contributed by atoms with E-state index in [1.165, 1.54) is 49.9 Å². The molecule has 6 saturated heterocycles. The lowest BCUT2D eigenvalue weighted by molar-refractivity contribution is -0.345. The Hall–Kier alpha value is -9.34. The van der Waals surface area contributed by atoms with Crippen LogP contribution in [0, 0.1) is 24.7 Å². The molecule has 31 heteroatoms. The van der Waals surface area contributed by atoms with Crippen LogP contribution in [0.15, 0.2) is 121 Å². The van der Waals surface area contributed by atoms with Gasteiger partial charge in [0, 0.05) is 66.7 Å². The highest BCUT2D eigenvalue weighted by Crippen LogP contribution is 2.43. The Morgan fingerprint density at radius 1 is 0.461 bits per heavy atom. The van der Waals surface area contributed by atoms with Crippen molar-refractivity contribution in [1.82, 2.24) is 0 Å².